The Morgan fingerprint density at radius 1 is 0.217 bits per heavy atom. The maximum absolute atomic E-state index is 5.19. The summed E-state index contributed by atoms with van der Waals surface area (Å²) in [7, 11) is 0. The van der Waals surface area contributed by atoms with E-state index in [1.807, 2.05) is 18.2 Å². The van der Waals surface area contributed by atoms with E-state index in [1.165, 1.54) is 44.5 Å². The molecule has 3 aromatic heterocycles. The maximum Gasteiger partial charge on any atom is 3.00 e. The van der Waals surface area contributed by atoms with Crippen LogP contribution in [0.25, 0.3) is 112 Å². The van der Waals surface area contributed by atoms with Crippen LogP contribution in [0.15, 0.2) is 291 Å². The minimum absolute atomic E-state index is 0. The van der Waals surface area contributed by atoms with E-state index >= 15 is 0 Å². The summed E-state index contributed by atoms with van der Waals surface area (Å²) < 4.78 is 0. The monoisotopic (exact) mass is 1240 g/mol. The topological polar surface area (TPSA) is 38.7 Å². The zero-order valence-corrected chi connectivity index (χ0v) is 48.1. The zero-order chi connectivity index (χ0) is 54.9. The minimum atomic E-state index is 0. The first-order valence-corrected chi connectivity index (χ1v) is 28.1. The molecule has 0 radical (unpaired) electrons. The van der Waals surface area contributed by atoms with Crippen molar-refractivity contribution in [2.24, 2.45) is 0 Å². The Hall–Kier alpha value is -9.70. The summed E-state index contributed by atoms with van der Waals surface area (Å²) in [5, 5.41) is 0. The Bertz CT molecular complexity index is 4130. The Labute approximate surface area is 501 Å². The number of aromatic nitrogens is 3. The number of aryl methyl sites for hydroxylation is 4. The second kappa shape index (κ2) is 25.4. The van der Waals surface area contributed by atoms with Crippen molar-refractivity contribution in [3.63, 3.8) is 0 Å². The molecule has 0 fully saturated rings. The van der Waals surface area contributed by atoms with Crippen molar-refractivity contribution in [3.8, 4) is 112 Å². The molecule has 0 saturated carbocycles. The Kier molecular flexibility index (Phi) is 16.5. The SMILES string of the molecule is [Ir+3].[c-]1cc(CCc2cc(CCc3c[c-]c(-c4cccc(-c5ccccc5)n4)cc3)cc(-c3ccccc3-c3c[c-]c(-c4cccc(-c5ccccc5)n4)cc3-c3ccc(-c4ccccc4)cc3)c2)ccc1-c1cccc(-c2ccccc2)n1. The second-order valence-electron chi connectivity index (χ2n) is 20.7. The summed E-state index contributed by atoms with van der Waals surface area (Å²) in [5.74, 6) is 0. The molecule has 0 N–H and O–H groups in total. The van der Waals surface area contributed by atoms with Gasteiger partial charge in [0.2, 0.25) is 0 Å². The molecule has 0 aliphatic rings. The molecular formula is C79H56IrN3. The largest absolute Gasteiger partial charge is 3.00 e. The van der Waals surface area contributed by atoms with E-state index < -0.39 is 0 Å². The molecule has 0 aliphatic carbocycles. The molecule has 0 bridgehead atoms. The van der Waals surface area contributed by atoms with Gasteiger partial charge in [-0.1, -0.05) is 254 Å². The Morgan fingerprint density at radius 2 is 0.590 bits per heavy atom. The molecule has 0 unspecified atom stereocenters. The van der Waals surface area contributed by atoms with E-state index in [0.29, 0.717) is 0 Å². The van der Waals surface area contributed by atoms with Crippen LogP contribution >= 0.6 is 0 Å². The molecule has 0 aliphatic heterocycles. The van der Waals surface area contributed by atoms with Crippen molar-refractivity contribution in [2.45, 2.75) is 25.7 Å². The van der Waals surface area contributed by atoms with Crippen LogP contribution in [0.4, 0.5) is 0 Å². The number of pyridine rings is 3. The molecule has 0 spiro atoms. The van der Waals surface area contributed by atoms with Crippen LogP contribution in [0.5, 0.6) is 0 Å². The van der Waals surface area contributed by atoms with Gasteiger partial charge in [0.1, 0.15) is 0 Å². The Balaban J connectivity index is 0.00000680. The molecule has 13 aromatic rings. The first kappa shape index (κ1) is 53.9. The molecule has 396 valence electrons. The fourth-order valence-electron chi connectivity index (χ4n) is 10.9. The normalized spacial score (nSPS) is 11.0. The molecule has 3 heterocycles. The van der Waals surface area contributed by atoms with Crippen LogP contribution in [0.3, 0.4) is 0 Å². The van der Waals surface area contributed by atoms with Gasteiger partial charge in [0.25, 0.3) is 0 Å². The zero-order valence-electron chi connectivity index (χ0n) is 45.7. The van der Waals surface area contributed by atoms with Gasteiger partial charge >= 0.3 is 20.1 Å². The summed E-state index contributed by atoms with van der Waals surface area (Å²) >= 11 is 0. The summed E-state index contributed by atoms with van der Waals surface area (Å²) in [6.07, 6.45) is 3.47. The number of hydrogen-bond donors (Lipinski definition) is 0. The molecule has 0 saturated heterocycles. The van der Waals surface area contributed by atoms with E-state index in [4.69, 9.17) is 15.0 Å². The van der Waals surface area contributed by atoms with Crippen molar-refractivity contribution in [2.75, 3.05) is 0 Å². The van der Waals surface area contributed by atoms with Gasteiger partial charge in [-0.2, -0.15) is 0 Å². The van der Waals surface area contributed by atoms with E-state index in [0.717, 1.165) is 115 Å². The quantitative estimate of drug-likeness (QED) is 0.0905. The van der Waals surface area contributed by atoms with Crippen LogP contribution in [0.1, 0.15) is 22.3 Å². The smallest absolute Gasteiger partial charge is 0.296 e. The predicted molar refractivity (Wildman–Crippen MR) is 338 cm³/mol. The number of rotatable bonds is 16. The number of hydrogen-bond acceptors (Lipinski definition) is 3. The molecule has 3 nitrogen and oxygen atoms in total. The molecular weight excluding hydrogens is 1180 g/mol. The van der Waals surface area contributed by atoms with E-state index in [2.05, 4.69) is 291 Å². The van der Waals surface area contributed by atoms with Crippen LogP contribution < -0.4 is 0 Å². The fraction of sp³-hybridized carbons (Fsp3) is 0.0506. The third-order valence-electron chi connectivity index (χ3n) is 15.3. The molecule has 0 atom stereocenters. The molecule has 13 rings (SSSR count). The molecule has 10 aromatic carbocycles. The van der Waals surface area contributed by atoms with Gasteiger partial charge in [-0.05, 0) is 104 Å². The molecule has 83 heavy (non-hydrogen) atoms. The second-order valence-corrected chi connectivity index (χ2v) is 20.7. The average Bonchev–Trinajstić information content (AvgIpc) is 3.76. The van der Waals surface area contributed by atoms with Gasteiger partial charge in [-0.3, -0.25) is 15.0 Å². The Morgan fingerprint density at radius 3 is 1.05 bits per heavy atom. The summed E-state index contributed by atoms with van der Waals surface area (Å²) in [6.45, 7) is 0. The molecule has 0 amide bonds. The summed E-state index contributed by atoms with van der Waals surface area (Å²) in [6, 6.07) is 114. The first-order valence-electron chi connectivity index (χ1n) is 28.1. The van der Waals surface area contributed by atoms with E-state index in [-0.39, 0.29) is 20.1 Å². The first-order chi connectivity index (χ1) is 40.6. The van der Waals surface area contributed by atoms with Crippen LogP contribution in [0.2, 0.25) is 0 Å². The van der Waals surface area contributed by atoms with Gasteiger partial charge in [0.15, 0.2) is 0 Å². The van der Waals surface area contributed by atoms with Crippen molar-refractivity contribution in [1.82, 2.24) is 15.0 Å². The van der Waals surface area contributed by atoms with Crippen LogP contribution in [-0.2, 0) is 45.8 Å². The maximum atomic E-state index is 5.19. The van der Waals surface area contributed by atoms with Gasteiger partial charge in [-0.15, -0.1) is 94.5 Å². The third-order valence-corrected chi connectivity index (χ3v) is 15.3. The van der Waals surface area contributed by atoms with Crippen molar-refractivity contribution in [3.05, 3.63) is 332 Å². The standard InChI is InChI=1S/C79H56N3.Ir/c1-5-18-60(19-6-1)61-46-48-62(49-47-61)73-55-68(79-33-17-30-76(82-79)65-24-11-4-12-25-65)50-51-72(73)71-27-14-13-26-70(71)69-53-58(36-34-56-38-42-66(43-39-56)77-31-15-28-74(80-77)63-20-7-2-8-21-63)52-59(54-69)37-35-57-40-44-67(45-41-57)78-32-16-29-75(81-78)64-22-9-3-10-23-64;/h1-33,38-42,44,46-49,51-55H,34-37H2;/q-3;+3. The van der Waals surface area contributed by atoms with Crippen molar-refractivity contribution < 1.29 is 20.1 Å². The van der Waals surface area contributed by atoms with Crippen LogP contribution in [-0.4, -0.2) is 15.0 Å². The van der Waals surface area contributed by atoms with E-state index in [1.54, 1.807) is 0 Å². The minimum Gasteiger partial charge on any atom is -0.296 e. The van der Waals surface area contributed by atoms with Crippen molar-refractivity contribution >= 4 is 0 Å². The number of nitrogens with zero attached hydrogens (tertiary/aromatic N) is 3. The van der Waals surface area contributed by atoms with Crippen LogP contribution in [0, 0.1) is 18.2 Å². The summed E-state index contributed by atoms with van der Waals surface area (Å²) in [4.78, 5) is 15.2. The average molecular weight is 1240 g/mol. The van der Waals surface area contributed by atoms with Gasteiger partial charge in [0, 0.05) is 0 Å². The van der Waals surface area contributed by atoms with Gasteiger partial charge in [0.05, 0.1) is 17.1 Å². The number of benzene rings is 10. The fourth-order valence-corrected chi connectivity index (χ4v) is 10.9. The van der Waals surface area contributed by atoms with Gasteiger partial charge in [-0.25, -0.2) is 0 Å². The molecule has 4 heteroatoms. The third kappa shape index (κ3) is 12.6. The summed E-state index contributed by atoms with van der Waals surface area (Å²) in [5.41, 5.74) is 26.0. The van der Waals surface area contributed by atoms with E-state index in [9.17, 15) is 0 Å². The van der Waals surface area contributed by atoms with Gasteiger partial charge < -0.3 is 0 Å². The van der Waals surface area contributed by atoms with Crippen molar-refractivity contribution in [1.29, 1.82) is 0 Å². The predicted octanol–water partition coefficient (Wildman–Crippen LogP) is 19.5.